The molecule has 1 fully saturated rings. The molecule has 0 unspecified atom stereocenters. The SMILES string of the molecule is CCCC1(CCC)NC(=O)N(CC(=O)OCc2cccc3ccccc23)C1=O. The van der Waals surface area contributed by atoms with Gasteiger partial charge in [0.2, 0.25) is 0 Å². The Morgan fingerprint density at radius 2 is 1.71 bits per heavy atom. The molecule has 1 N–H and O–H groups in total. The number of nitrogens with one attached hydrogen (secondary N) is 1. The fraction of sp³-hybridized carbons (Fsp3) is 0.409. The first-order valence-corrected chi connectivity index (χ1v) is 9.77. The molecule has 0 aromatic heterocycles. The fourth-order valence-corrected chi connectivity index (χ4v) is 3.89. The van der Waals surface area contributed by atoms with Crippen molar-refractivity contribution in [3.8, 4) is 0 Å². The van der Waals surface area contributed by atoms with E-state index in [4.69, 9.17) is 4.74 Å². The highest BCUT2D eigenvalue weighted by Crippen LogP contribution is 2.28. The number of esters is 1. The van der Waals surface area contributed by atoms with Crippen LogP contribution in [0.1, 0.15) is 45.1 Å². The van der Waals surface area contributed by atoms with Crippen molar-refractivity contribution in [1.29, 1.82) is 0 Å². The van der Waals surface area contributed by atoms with Gasteiger partial charge in [0.05, 0.1) is 0 Å². The van der Waals surface area contributed by atoms with Crippen LogP contribution >= 0.6 is 0 Å². The second kappa shape index (κ2) is 8.42. The smallest absolute Gasteiger partial charge is 0.326 e. The first kappa shape index (κ1) is 19.9. The highest BCUT2D eigenvalue weighted by atomic mass is 16.5. The second-order valence-electron chi connectivity index (χ2n) is 7.20. The lowest BCUT2D eigenvalue weighted by Crippen LogP contribution is -2.47. The van der Waals surface area contributed by atoms with Crippen molar-refractivity contribution in [3.63, 3.8) is 0 Å². The molecule has 1 aliphatic rings. The topological polar surface area (TPSA) is 75.7 Å². The van der Waals surface area contributed by atoms with E-state index in [9.17, 15) is 14.4 Å². The molecule has 0 aliphatic carbocycles. The van der Waals surface area contributed by atoms with Crippen LogP contribution in [0.4, 0.5) is 4.79 Å². The van der Waals surface area contributed by atoms with Gasteiger partial charge in [0, 0.05) is 0 Å². The van der Waals surface area contributed by atoms with Gasteiger partial charge in [0.15, 0.2) is 0 Å². The first-order valence-electron chi connectivity index (χ1n) is 9.77. The molecule has 1 saturated heterocycles. The van der Waals surface area contributed by atoms with Gasteiger partial charge < -0.3 is 10.1 Å². The largest absolute Gasteiger partial charge is 0.459 e. The summed E-state index contributed by atoms with van der Waals surface area (Å²) in [5.74, 6) is -0.927. The van der Waals surface area contributed by atoms with E-state index in [1.807, 2.05) is 56.3 Å². The number of imide groups is 1. The van der Waals surface area contributed by atoms with Crippen molar-refractivity contribution < 1.29 is 19.1 Å². The van der Waals surface area contributed by atoms with Gasteiger partial charge in [-0.15, -0.1) is 0 Å². The average Bonchev–Trinajstić information content (AvgIpc) is 2.91. The quantitative estimate of drug-likeness (QED) is 0.557. The Morgan fingerprint density at radius 3 is 2.43 bits per heavy atom. The normalized spacial score (nSPS) is 15.7. The zero-order chi connectivity index (χ0) is 20.1. The minimum Gasteiger partial charge on any atom is -0.459 e. The highest BCUT2D eigenvalue weighted by molar-refractivity contribution is 6.08. The Hall–Kier alpha value is -2.89. The van der Waals surface area contributed by atoms with Crippen LogP contribution in [0.2, 0.25) is 0 Å². The standard InChI is InChI=1S/C22H26N2O4/c1-3-12-22(13-4-2)20(26)24(21(27)23-22)14-19(25)28-15-17-10-7-9-16-8-5-6-11-18(16)17/h5-11H,3-4,12-15H2,1-2H3,(H,23,27). The molecular weight excluding hydrogens is 356 g/mol. The van der Waals surface area contributed by atoms with Crippen LogP contribution in [0.3, 0.4) is 0 Å². The summed E-state index contributed by atoms with van der Waals surface area (Å²) in [6, 6.07) is 13.1. The molecule has 0 saturated carbocycles. The summed E-state index contributed by atoms with van der Waals surface area (Å²) in [5.41, 5.74) is -0.00814. The van der Waals surface area contributed by atoms with Gasteiger partial charge in [-0.2, -0.15) is 0 Å². The molecule has 0 atom stereocenters. The van der Waals surface area contributed by atoms with E-state index in [1.54, 1.807) is 0 Å². The zero-order valence-electron chi connectivity index (χ0n) is 16.4. The summed E-state index contributed by atoms with van der Waals surface area (Å²) in [6.07, 6.45) is 2.66. The first-order chi connectivity index (χ1) is 13.5. The van der Waals surface area contributed by atoms with Crippen molar-refractivity contribution >= 4 is 28.7 Å². The number of fused-ring (bicyclic) bond motifs is 1. The lowest BCUT2D eigenvalue weighted by atomic mass is 9.88. The summed E-state index contributed by atoms with van der Waals surface area (Å²) in [6.45, 7) is 3.67. The maximum absolute atomic E-state index is 12.8. The lowest BCUT2D eigenvalue weighted by Gasteiger charge is -2.25. The molecule has 6 nitrogen and oxygen atoms in total. The minimum atomic E-state index is -0.892. The average molecular weight is 382 g/mol. The molecule has 28 heavy (non-hydrogen) atoms. The molecule has 1 aliphatic heterocycles. The third-order valence-corrected chi connectivity index (χ3v) is 5.16. The number of hydrogen-bond acceptors (Lipinski definition) is 4. The summed E-state index contributed by atoms with van der Waals surface area (Å²) in [4.78, 5) is 38.5. The van der Waals surface area contributed by atoms with Gasteiger partial charge in [-0.1, -0.05) is 69.2 Å². The Balaban J connectivity index is 1.66. The van der Waals surface area contributed by atoms with Crippen LogP contribution in [-0.4, -0.2) is 34.9 Å². The van der Waals surface area contributed by atoms with E-state index in [1.165, 1.54) is 0 Å². The highest BCUT2D eigenvalue weighted by Gasteiger charge is 2.50. The number of hydrogen-bond donors (Lipinski definition) is 1. The Bertz CT molecular complexity index is 882. The van der Waals surface area contributed by atoms with E-state index in [0.717, 1.165) is 34.1 Å². The molecule has 0 bridgehead atoms. The van der Waals surface area contributed by atoms with Gasteiger partial charge in [0.25, 0.3) is 5.91 Å². The molecular formula is C22H26N2O4. The Morgan fingerprint density at radius 1 is 1.04 bits per heavy atom. The van der Waals surface area contributed by atoms with Crippen LogP contribution in [-0.2, 0) is 20.9 Å². The second-order valence-corrected chi connectivity index (χ2v) is 7.20. The third-order valence-electron chi connectivity index (χ3n) is 5.16. The predicted molar refractivity (Wildman–Crippen MR) is 107 cm³/mol. The molecule has 0 radical (unpaired) electrons. The van der Waals surface area contributed by atoms with Crippen LogP contribution in [0.5, 0.6) is 0 Å². The molecule has 3 amide bonds. The van der Waals surface area contributed by atoms with Gasteiger partial charge >= 0.3 is 12.0 Å². The van der Waals surface area contributed by atoms with E-state index in [0.29, 0.717) is 12.8 Å². The van der Waals surface area contributed by atoms with Gasteiger partial charge in [0.1, 0.15) is 18.7 Å². The molecule has 2 aromatic carbocycles. The Labute approximate surface area is 164 Å². The minimum absolute atomic E-state index is 0.0961. The monoisotopic (exact) mass is 382 g/mol. The number of nitrogens with zero attached hydrogens (tertiary/aromatic N) is 1. The maximum atomic E-state index is 12.8. The predicted octanol–water partition coefficient (Wildman–Crippen LogP) is 3.77. The molecule has 148 valence electrons. The summed E-state index contributed by atoms with van der Waals surface area (Å²) in [7, 11) is 0. The van der Waals surface area contributed by atoms with E-state index in [2.05, 4.69) is 5.32 Å². The van der Waals surface area contributed by atoms with Crippen molar-refractivity contribution in [2.75, 3.05) is 6.54 Å². The van der Waals surface area contributed by atoms with Crippen molar-refractivity contribution in [1.82, 2.24) is 10.2 Å². The van der Waals surface area contributed by atoms with Crippen LogP contribution < -0.4 is 5.32 Å². The van der Waals surface area contributed by atoms with Crippen molar-refractivity contribution in [3.05, 3.63) is 48.0 Å². The van der Waals surface area contributed by atoms with E-state index >= 15 is 0 Å². The number of rotatable bonds is 8. The molecule has 1 heterocycles. The third kappa shape index (κ3) is 3.86. The van der Waals surface area contributed by atoms with Gasteiger partial charge in [-0.05, 0) is 29.2 Å². The summed E-state index contributed by atoms with van der Waals surface area (Å²) < 4.78 is 5.37. The number of benzene rings is 2. The van der Waals surface area contributed by atoms with Crippen LogP contribution in [0.15, 0.2) is 42.5 Å². The maximum Gasteiger partial charge on any atom is 0.326 e. The van der Waals surface area contributed by atoms with Crippen LogP contribution in [0.25, 0.3) is 10.8 Å². The van der Waals surface area contributed by atoms with Gasteiger partial charge in [-0.3, -0.25) is 14.5 Å². The lowest BCUT2D eigenvalue weighted by molar-refractivity contribution is -0.149. The van der Waals surface area contributed by atoms with E-state index < -0.39 is 17.5 Å². The molecule has 2 aromatic rings. The van der Waals surface area contributed by atoms with Gasteiger partial charge in [-0.25, -0.2) is 4.79 Å². The van der Waals surface area contributed by atoms with Crippen molar-refractivity contribution in [2.45, 2.75) is 51.7 Å². The number of carbonyl (C=O) groups excluding carboxylic acids is 3. The van der Waals surface area contributed by atoms with E-state index in [-0.39, 0.29) is 19.1 Å². The number of ether oxygens (including phenoxy) is 1. The molecule has 6 heteroatoms. The number of urea groups is 1. The zero-order valence-corrected chi connectivity index (χ0v) is 16.4. The molecule has 3 rings (SSSR count). The summed E-state index contributed by atoms with van der Waals surface area (Å²) in [5, 5.41) is 4.88. The van der Waals surface area contributed by atoms with Crippen molar-refractivity contribution in [2.24, 2.45) is 0 Å². The number of amides is 3. The fourth-order valence-electron chi connectivity index (χ4n) is 3.89. The number of carbonyl (C=O) groups is 3. The van der Waals surface area contributed by atoms with Crippen LogP contribution in [0, 0.1) is 0 Å². The molecule has 0 spiro atoms. The Kier molecular flexibility index (Phi) is 5.97. The summed E-state index contributed by atoms with van der Waals surface area (Å²) >= 11 is 0.